The Bertz CT molecular complexity index is 997. The van der Waals surface area contributed by atoms with E-state index in [9.17, 15) is 4.79 Å². The van der Waals surface area contributed by atoms with Crippen LogP contribution in [0.5, 0.6) is 5.75 Å². The van der Waals surface area contributed by atoms with Crippen LogP contribution in [0, 0.1) is 6.92 Å². The van der Waals surface area contributed by atoms with E-state index in [1.807, 2.05) is 36.4 Å². The van der Waals surface area contributed by atoms with Crippen molar-refractivity contribution in [1.82, 2.24) is 4.90 Å². The lowest BCUT2D eigenvalue weighted by Crippen LogP contribution is -2.22. The zero-order valence-electron chi connectivity index (χ0n) is 18.1. The van der Waals surface area contributed by atoms with Crippen molar-refractivity contribution in [2.75, 3.05) is 26.2 Å². The first-order valence-electron chi connectivity index (χ1n) is 11.2. The molecule has 0 spiro atoms. The Balaban J connectivity index is 1.60. The Morgan fingerprint density at radius 3 is 2.60 bits per heavy atom. The van der Waals surface area contributed by atoms with Crippen molar-refractivity contribution in [2.24, 2.45) is 0 Å². The van der Waals surface area contributed by atoms with Crippen LogP contribution < -0.4 is 4.74 Å². The zero-order valence-corrected chi connectivity index (χ0v) is 18.1. The third-order valence-electron chi connectivity index (χ3n) is 5.91. The lowest BCUT2D eigenvalue weighted by molar-refractivity contribution is 0.101. The summed E-state index contributed by atoms with van der Waals surface area (Å²) in [5.74, 6) is 1.23. The van der Waals surface area contributed by atoms with Gasteiger partial charge in [0.05, 0.1) is 6.61 Å². The van der Waals surface area contributed by atoms with E-state index in [-0.39, 0.29) is 5.78 Å². The van der Waals surface area contributed by atoms with Crippen LogP contribution in [0.4, 0.5) is 0 Å². The van der Waals surface area contributed by atoms with Crippen LogP contribution in [0.1, 0.15) is 59.9 Å². The van der Waals surface area contributed by atoms with Crippen LogP contribution in [-0.4, -0.2) is 36.9 Å². The molecule has 4 nitrogen and oxygen atoms in total. The van der Waals surface area contributed by atoms with Gasteiger partial charge in [-0.3, -0.25) is 4.79 Å². The SMILES string of the molecule is CCCCOc1ccc(C(=O)c2oc3ccc(C)cc3c2CCN2CCCC2)cc1. The topological polar surface area (TPSA) is 42.7 Å². The van der Waals surface area contributed by atoms with E-state index in [0.717, 1.165) is 61.2 Å². The number of hydrogen-bond donors (Lipinski definition) is 0. The number of benzene rings is 2. The molecular weight excluding hydrogens is 374 g/mol. The maximum atomic E-state index is 13.3. The van der Waals surface area contributed by atoms with Crippen LogP contribution in [0.15, 0.2) is 46.9 Å². The fraction of sp³-hybridized carbons (Fsp3) is 0.423. The van der Waals surface area contributed by atoms with Gasteiger partial charge in [0.25, 0.3) is 0 Å². The fourth-order valence-electron chi connectivity index (χ4n) is 4.14. The summed E-state index contributed by atoms with van der Waals surface area (Å²) in [5, 5.41) is 1.07. The average Bonchev–Trinajstić information content (AvgIpc) is 3.40. The summed E-state index contributed by atoms with van der Waals surface area (Å²) in [4.78, 5) is 15.8. The minimum atomic E-state index is -0.0552. The maximum absolute atomic E-state index is 13.3. The van der Waals surface area contributed by atoms with E-state index in [4.69, 9.17) is 9.15 Å². The first-order valence-corrected chi connectivity index (χ1v) is 11.2. The van der Waals surface area contributed by atoms with Crippen molar-refractivity contribution in [3.63, 3.8) is 0 Å². The van der Waals surface area contributed by atoms with Gasteiger partial charge in [-0.1, -0.05) is 25.0 Å². The molecule has 0 aliphatic carbocycles. The van der Waals surface area contributed by atoms with Gasteiger partial charge in [0.2, 0.25) is 5.78 Å². The molecule has 0 unspecified atom stereocenters. The van der Waals surface area contributed by atoms with E-state index in [0.29, 0.717) is 17.9 Å². The predicted octanol–water partition coefficient (Wildman–Crippen LogP) is 5.79. The van der Waals surface area contributed by atoms with E-state index in [2.05, 4.69) is 24.8 Å². The summed E-state index contributed by atoms with van der Waals surface area (Å²) in [6.45, 7) is 8.19. The van der Waals surface area contributed by atoms with E-state index < -0.39 is 0 Å². The normalized spacial score (nSPS) is 14.5. The zero-order chi connectivity index (χ0) is 20.9. The largest absolute Gasteiger partial charge is 0.494 e. The first-order chi connectivity index (χ1) is 14.7. The molecule has 30 heavy (non-hydrogen) atoms. The monoisotopic (exact) mass is 405 g/mol. The molecule has 1 aliphatic heterocycles. The Morgan fingerprint density at radius 2 is 1.87 bits per heavy atom. The number of ether oxygens (including phenoxy) is 1. The van der Waals surface area contributed by atoms with Gasteiger partial charge in [0.15, 0.2) is 5.76 Å². The smallest absolute Gasteiger partial charge is 0.228 e. The maximum Gasteiger partial charge on any atom is 0.228 e. The second-order valence-corrected chi connectivity index (χ2v) is 8.26. The summed E-state index contributed by atoms with van der Waals surface area (Å²) in [5.41, 5.74) is 3.64. The standard InChI is InChI=1S/C26H31NO3/c1-3-4-17-29-21-10-8-20(9-11-21)25(28)26-22(13-16-27-14-5-6-15-27)23-18-19(2)7-12-24(23)30-26/h7-12,18H,3-6,13-17H2,1-2H3. The molecule has 1 aromatic heterocycles. The van der Waals surface area contributed by atoms with Gasteiger partial charge >= 0.3 is 0 Å². The predicted molar refractivity (Wildman–Crippen MR) is 121 cm³/mol. The van der Waals surface area contributed by atoms with Gasteiger partial charge in [-0.15, -0.1) is 0 Å². The summed E-state index contributed by atoms with van der Waals surface area (Å²) in [6, 6.07) is 13.6. The molecule has 4 heteroatoms. The summed E-state index contributed by atoms with van der Waals surface area (Å²) >= 11 is 0. The number of unbranched alkanes of at least 4 members (excludes halogenated alkanes) is 1. The summed E-state index contributed by atoms with van der Waals surface area (Å²) < 4.78 is 11.8. The van der Waals surface area contributed by atoms with E-state index in [1.165, 1.54) is 18.4 Å². The summed E-state index contributed by atoms with van der Waals surface area (Å²) in [6.07, 6.45) is 5.49. The van der Waals surface area contributed by atoms with Crippen LogP contribution in [-0.2, 0) is 6.42 Å². The van der Waals surface area contributed by atoms with Crippen LogP contribution in [0.3, 0.4) is 0 Å². The number of furan rings is 1. The molecule has 158 valence electrons. The average molecular weight is 406 g/mol. The van der Waals surface area contributed by atoms with Crippen LogP contribution >= 0.6 is 0 Å². The number of carbonyl (C=O) groups is 1. The van der Waals surface area contributed by atoms with Crippen LogP contribution in [0.2, 0.25) is 0 Å². The number of ketones is 1. The van der Waals surface area contributed by atoms with Crippen molar-refractivity contribution in [3.8, 4) is 5.75 Å². The number of likely N-dealkylation sites (tertiary alicyclic amines) is 1. The number of nitrogens with zero attached hydrogens (tertiary/aromatic N) is 1. The Morgan fingerprint density at radius 1 is 1.10 bits per heavy atom. The number of aryl methyl sites for hydroxylation is 1. The molecule has 1 fully saturated rings. The lowest BCUT2D eigenvalue weighted by atomic mass is 10.0. The van der Waals surface area contributed by atoms with Crippen molar-refractivity contribution >= 4 is 16.8 Å². The highest BCUT2D eigenvalue weighted by Crippen LogP contribution is 2.30. The quantitative estimate of drug-likeness (QED) is 0.334. The molecule has 3 aromatic rings. The van der Waals surface area contributed by atoms with Gasteiger partial charge < -0.3 is 14.1 Å². The second-order valence-electron chi connectivity index (χ2n) is 8.26. The third-order valence-corrected chi connectivity index (χ3v) is 5.91. The third kappa shape index (κ3) is 4.59. The van der Waals surface area contributed by atoms with Crippen molar-refractivity contribution < 1.29 is 13.9 Å². The van der Waals surface area contributed by atoms with Crippen molar-refractivity contribution in [3.05, 3.63) is 64.9 Å². The second kappa shape index (κ2) is 9.48. The highest BCUT2D eigenvalue weighted by molar-refractivity contribution is 6.10. The lowest BCUT2D eigenvalue weighted by Gasteiger charge is -2.14. The highest BCUT2D eigenvalue weighted by atomic mass is 16.5. The molecule has 2 heterocycles. The minimum Gasteiger partial charge on any atom is -0.494 e. The van der Waals surface area contributed by atoms with Gasteiger partial charge in [-0.2, -0.15) is 0 Å². The van der Waals surface area contributed by atoms with E-state index in [1.54, 1.807) is 0 Å². The number of fused-ring (bicyclic) bond motifs is 1. The number of carbonyl (C=O) groups excluding carboxylic acids is 1. The van der Waals surface area contributed by atoms with Crippen molar-refractivity contribution in [2.45, 2.75) is 46.0 Å². The molecule has 2 aromatic carbocycles. The molecule has 0 amide bonds. The molecular formula is C26H31NO3. The summed E-state index contributed by atoms with van der Waals surface area (Å²) in [7, 11) is 0. The molecule has 4 rings (SSSR count). The Hall–Kier alpha value is -2.59. The highest BCUT2D eigenvalue weighted by Gasteiger charge is 2.23. The molecule has 1 saturated heterocycles. The molecule has 0 radical (unpaired) electrons. The molecule has 0 atom stereocenters. The molecule has 1 aliphatic rings. The molecule has 0 saturated carbocycles. The van der Waals surface area contributed by atoms with Crippen molar-refractivity contribution in [1.29, 1.82) is 0 Å². The number of hydrogen-bond acceptors (Lipinski definition) is 4. The Kier molecular flexibility index (Phi) is 6.53. The first kappa shape index (κ1) is 20.7. The number of rotatable bonds is 9. The van der Waals surface area contributed by atoms with Gasteiger partial charge in [0, 0.05) is 23.1 Å². The van der Waals surface area contributed by atoms with E-state index >= 15 is 0 Å². The minimum absolute atomic E-state index is 0.0552. The van der Waals surface area contributed by atoms with Gasteiger partial charge in [-0.05, 0) is 82.1 Å². The molecule has 0 bridgehead atoms. The fourth-order valence-corrected chi connectivity index (χ4v) is 4.14. The Labute approximate surface area is 178 Å². The molecule has 0 N–H and O–H groups in total. The van der Waals surface area contributed by atoms with Gasteiger partial charge in [-0.25, -0.2) is 0 Å². The van der Waals surface area contributed by atoms with Crippen LogP contribution in [0.25, 0.3) is 11.0 Å². The van der Waals surface area contributed by atoms with Gasteiger partial charge in [0.1, 0.15) is 11.3 Å².